The number of benzene rings is 2. The number of hydrogen-bond donors (Lipinski definition) is 0. The van der Waals surface area contributed by atoms with Crippen LogP contribution >= 0.6 is 23.2 Å². The molecule has 0 bridgehead atoms. The van der Waals surface area contributed by atoms with Gasteiger partial charge in [-0.25, -0.2) is 0 Å². The second-order valence-corrected chi connectivity index (χ2v) is 8.01. The molecule has 0 N–H and O–H groups in total. The van der Waals surface area contributed by atoms with Crippen LogP contribution in [-0.2, 0) is 20.1 Å². The number of halogens is 2. The molecular formula is C23H13Cl2NO6. The van der Waals surface area contributed by atoms with Crippen LogP contribution in [0.1, 0.15) is 32.0 Å². The van der Waals surface area contributed by atoms with Gasteiger partial charge in [-0.05, 0) is 18.2 Å². The van der Waals surface area contributed by atoms with E-state index in [4.69, 9.17) is 37.2 Å². The molecule has 0 saturated heterocycles. The van der Waals surface area contributed by atoms with Crippen LogP contribution in [0.15, 0.2) is 52.6 Å². The van der Waals surface area contributed by atoms with E-state index >= 15 is 0 Å². The molecule has 1 aromatic heterocycles. The monoisotopic (exact) mass is 469 g/mol. The minimum absolute atomic E-state index is 0.0519. The number of ether oxygens (including phenoxy) is 2. The van der Waals surface area contributed by atoms with Crippen molar-refractivity contribution in [2.75, 3.05) is 14.2 Å². The van der Waals surface area contributed by atoms with Gasteiger partial charge in [0.25, 0.3) is 5.79 Å². The van der Waals surface area contributed by atoms with Crippen molar-refractivity contribution in [3.05, 3.63) is 80.5 Å². The van der Waals surface area contributed by atoms with Crippen LogP contribution < -0.4 is 0 Å². The number of ketones is 3. The molecule has 7 nitrogen and oxygen atoms in total. The number of carbonyl (C=O) groups is 3. The molecule has 2 aliphatic rings. The van der Waals surface area contributed by atoms with Crippen LogP contribution in [0.3, 0.4) is 0 Å². The molecule has 0 unspecified atom stereocenters. The van der Waals surface area contributed by atoms with Crippen molar-refractivity contribution in [3.8, 4) is 11.3 Å². The molecule has 9 heteroatoms. The molecular weight excluding hydrogens is 457 g/mol. The van der Waals surface area contributed by atoms with Crippen LogP contribution in [-0.4, -0.2) is 36.7 Å². The topological polar surface area (TPSA) is 95.7 Å². The van der Waals surface area contributed by atoms with Gasteiger partial charge in [-0.2, -0.15) is 0 Å². The highest BCUT2D eigenvalue weighted by molar-refractivity contribution is 6.49. The van der Waals surface area contributed by atoms with E-state index in [1.54, 1.807) is 24.3 Å². The first-order valence-electron chi connectivity index (χ1n) is 9.39. The molecule has 0 saturated carbocycles. The van der Waals surface area contributed by atoms with Gasteiger partial charge in [0.15, 0.2) is 17.3 Å². The number of allylic oxidation sites excluding steroid dienone is 1. The molecule has 0 amide bonds. The molecule has 0 radical (unpaired) electrons. The van der Waals surface area contributed by atoms with Crippen molar-refractivity contribution in [2.24, 2.45) is 0 Å². The third kappa shape index (κ3) is 2.56. The van der Waals surface area contributed by atoms with Gasteiger partial charge < -0.3 is 14.0 Å². The fourth-order valence-electron chi connectivity index (χ4n) is 4.19. The Kier molecular flexibility index (Phi) is 4.69. The Bertz CT molecular complexity index is 1380. The number of nitrogens with zero attached hydrogens (tertiary/aromatic N) is 1. The predicted octanol–water partition coefficient (Wildman–Crippen LogP) is 4.51. The lowest BCUT2D eigenvalue weighted by Crippen LogP contribution is -2.47. The molecule has 2 aliphatic carbocycles. The summed E-state index contributed by atoms with van der Waals surface area (Å²) < 4.78 is 16.6. The van der Waals surface area contributed by atoms with E-state index in [1.807, 2.05) is 0 Å². The van der Waals surface area contributed by atoms with Gasteiger partial charge in [-0.1, -0.05) is 52.6 Å². The minimum atomic E-state index is -2.07. The molecule has 0 spiro atoms. The van der Waals surface area contributed by atoms with Crippen molar-refractivity contribution in [2.45, 2.75) is 5.79 Å². The molecule has 5 rings (SSSR count). The Labute approximate surface area is 191 Å². The number of methoxy groups -OCH3 is 2. The van der Waals surface area contributed by atoms with E-state index in [2.05, 4.69) is 5.16 Å². The summed E-state index contributed by atoms with van der Waals surface area (Å²) in [4.78, 5) is 40.3. The van der Waals surface area contributed by atoms with Gasteiger partial charge in [0, 0.05) is 35.9 Å². The number of rotatable bonds is 3. The van der Waals surface area contributed by atoms with Gasteiger partial charge in [-0.3, -0.25) is 14.4 Å². The van der Waals surface area contributed by atoms with Gasteiger partial charge >= 0.3 is 0 Å². The van der Waals surface area contributed by atoms with Gasteiger partial charge in [0.05, 0.1) is 21.7 Å². The van der Waals surface area contributed by atoms with Crippen LogP contribution in [0.2, 0.25) is 10.0 Å². The van der Waals surface area contributed by atoms with E-state index in [0.29, 0.717) is 10.6 Å². The molecule has 1 heterocycles. The highest BCUT2D eigenvalue weighted by atomic mass is 35.5. The highest BCUT2D eigenvalue weighted by Gasteiger charge is 2.57. The van der Waals surface area contributed by atoms with E-state index in [0.717, 1.165) is 0 Å². The lowest BCUT2D eigenvalue weighted by atomic mass is 9.73. The Morgan fingerprint density at radius 1 is 0.875 bits per heavy atom. The zero-order chi connectivity index (χ0) is 22.8. The summed E-state index contributed by atoms with van der Waals surface area (Å²) in [5.41, 5.74) is 0.304. The second-order valence-electron chi connectivity index (χ2n) is 7.17. The van der Waals surface area contributed by atoms with E-state index in [9.17, 15) is 14.4 Å². The Balaban J connectivity index is 1.86. The molecule has 32 heavy (non-hydrogen) atoms. The summed E-state index contributed by atoms with van der Waals surface area (Å²) >= 11 is 12.4. The largest absolute Gasteiger partial charge is 0.355 e. The second kappa shape index (κ2) is 7.21. The first-order chi connectivity index (χ1) is 15.4. The van der Waals surface area contributed by atoms with E-state index < -0.39 is 23.1 Å². The predicted molar refractivity (Wildman–Crippen MR) is 115 cm³/mol. The van der Waals surface area contributed by atoms with Crippen LogP contribution in [0.25, 0.3) is 16.8 Å². The maximum atomic E-state index is 13.7. The molecule has 0 fully saturated rings. The summed E-state index contributed by atoms with van der Waals surface area (Å²) in [6.45, 7) is 0. The summed E-state index contributed by atoms with van der Waals surface area (Å²) in [5.74, 6) is -4.14. The van der Waals surface area contributed by atoms with Crippen LogP contribution in [0.4, 0.5) is 0 Å². The first kappa shape index (κ1) is 20.8. The maximum absolute atomic E-state index is 13.7. The number of Topliss-reactive ketones (excluding diaryl/α,β-unsaturated/α-hetero) is 3. The summed E-state index contributed by atoms with van der Waals surface area (Å²) in [6.07, 6.45) is 0. The molecule has 3 aromatic rings. The lowest BCUT2D eigenvalue weighted by molar-refractivity contribution is -0.210. The zero-order valence-corrected chi connectivity index (χ0v) is 18.2. The van der Waals surface area contributed by atoms with Crippen LogP contribution in [0, 0.1) is 0 Å². The van der Waals surface area contributed by atoms with Crippen molar-refractivity contribution in [1.29, 1.82) is 0 Å². The normalized spacial score (nSPS) is 16.7. The van der Waals surface area contributed by atoms with Crippen molar-refractivity contribution in [3.63, 3.8) is 0 Å². The zero-order valence-electron chi connectivity index (χ0n) is 16.7. The fourth-order valence-corrected chi connectivity index (χ4v) is 4.69. The lowest BCUT2D eigenvalue weighted by Gasteiger charge is -2.35. The van der Waals surface area contributed by atoms with E-state index in [-0.39, 0.29) is 44.3 Å². The smallest absolute Gasteiger partial charge is 0.267 e. The number of fused-ring (bicyclic) bond motifs is 3. The van der Waals surface area contributed by atoms with Gasteiger partial charge in [0.1, 0.15) is 5.69 Å². The number of hydrogen-bond acceptors (Lipinski definition) is 7. The molecule has 2 aromatic carbocycles. The molecule has 160 valence electrons. The standard InChI is InChI=1S/C23H13Cl2NO6/c1-30-23(31-2)17-18(13-8-7-10(24)9-14(13)25)26-32-21(17)15-16(22(23)29)20(28)12-6-4-3-5-11(12)19(15)27/h3-9H,1-2H3. The highest BCUT2D eigenvalue weighted by Crippen LogP contribution is 2.50. The average molecular weight is 470 g/mol. The van der Waals surface area contributed by atoms with Crippen molar-refractivity contribution >= 4 is 46.1 Å². The van der Waals surface area contributed by atoms with Crippen LogP contribution in [0.5, 0.6) is 0 Å². The Morgan fingerprint density at radius 3 is 2.09 bits per heavy atom. The maximum Gasteiger partial charge on any atom is 0.267 e. The SMILES string of the molecule is COC1(OC)C(=O)C2=C(C(=O)c3ccccc3C2=O)c2onc(-c3ccc(Cl)cc3Cl)c21. The van der Waals surface area contributed by atoms with E-state index in [1.165, 1.54) is 32.4 Å². The molecule has 0 aliphatic heterocycles. The Hall–Kier alpha value is -3.10. The van der Waals surface area contributed by atoms with Crippen molar-refractivity contribution in [1.82, 2.24) is 5.16 Å². The fraction of sp³-hybridized carbons (Fsp3) is 0.130. The summed E-state index contributed by atoms with van der Waals surface area (Å²) in [7, 11) is 2.50. The number of aromatic nitrogens is 1. The quantitative estimate of drug-likeness (QED) is 0.411. The summed E-state index contributed by atoms with van der Waals surface area (Å²) in [6, 6.07) is 10.9. The Morgan fingerprint density at radius 2 is 1.50 bits per heavy atom. The third-order valence-corrected chi connectivity index (χ3v) is 6.20. The minimum Gasteiger partial charge on any atom is -0.355 e. The first-order valence-corrected chi connectivity index (χ1v) is 10.1. The van der Waals surface area contributed by atoms with Crippen molar-refractivity contribution < 1.29 is 28.4 Å². The average Bonchev–Trinajstić information content (AvgIpc) is 3.22. The molecule has 0 atom stereocenters. The number of carbonyl (C=O) groups excluding carboxylic acids is 3. The van der Waals surface area contributed by atoms with Gasteiger partial charge in [0.2, 0.25) is 5.78 Å². The van der Waals surface area contributed by atoms with Gasteiger partial charge in [-0.15, -0.1) is 0 Å². The summed E-state index contributed by atoms with van der Waals surface area (Å²) in [5, 5.41) is 4.71. The third-order valence-electron chi connectivity index (χ3n) is 5.66.